The number of hydrogen-bond acceptors (Lipinski definition) is 3. The quantitative estimate of drug-likeness (QED) is 0.856. The van der Waals surface area contributed by atoms with E-state index in [1.807, 2.05) is 24.0 Å². The van der Waals surface area contributed by atoms with Gasteiger partial charge in [0.05, 0.1) is 0 Å². The first-order valence-corrected chi connectivity index (χ1v) is 5.63. The van der Waals surface area contributed by atoms with E-state index in [-0.39, 0.29) is 30.7 Å². The Labute approximate surface area is 120 Å². The fraction of sp³-hybridized carbons (Fsp3) is 0.500. The molecule has 1 aliphatic heterocycles. The van der Waals surface area contributed by atoms with Gasteiger partial charge >= 0.3 is 0 Å². The van der Waals surface area contributed by atoms with Crippen LogP contribution in [0.5, 0.6) is 0 Å². The van der Waals surface area contributed by atoms with Gasteiger partial charge in [-0.3, -0.25) is 9.78 Å². The molecule has 0 spiro atoms. The summed E-state index contributed by atoms with van der Waals surface area (Å²) in [5.74, 6) is 0.0476. The molecule has 2 heterocycles. The highest BCUT2D eigenvalue weighted by molar-refractivity contribution is 5.93. The molecule has 0 aliphatic carbocycles. The van der Waals surface area contributed by atoms with Crippen molar-refractivity contribution in [2.45, 2.75) is 19.9 Å². The Morgan fingerprint density at radius 1 is 1.50 bits per heavy atom. The van der Waals surface area contributed by atoms with Crippen LogP contribution in [0.25, 0.3) is 0 Å². The SMILES string of the molecule is Cc1cccnc1C(=O)N1CCNC(C)C1.Cl.Cl. The topological polar surface area (TPSA) is 45.2 Å². The average Bonchev–Trinajstić information content (AvgIpc) is 2.29. The van der Waals surface area contributed by atoms with Crippen molar-refractivity contribution in [2.24, 2.45) is 0 Å². The van der Waals surface area contributed by atoms with E-state index in [0.29, 0.717) is 11.7 Å². The molecule has 1 fully saturated rings. The highest BCUT2D eigenvalue weighted by Crippen LogP contribution is 2.09. The number of hydrogen-bond donors (Lipinski definition) is 1. The summed E-state index contributed by atoms with van der Waals surface area (Å²) in [4.78, 5) is 18.2. The number of halogens is 2. The number of nitrogens with one attached hydrogen (secondary N) is 1. The first-order valence-electron chi connectivity index (χ1n) is 5.63. The van der Waals surface area contributed by atoms with E-state index in [1.165, 1.54) is 0 Å². The smallest absolute Gasteiger partial charge is 0.272 e. The Morgan fingerprint density at radius 3 is 2.83 bits per heavy atom. The fourth-order valence-corrected chi connectivity index (χ4v) is 1.98. The lowest BCUT2D eigenvalue weighted by atomic mass is 10.1. The highest BCUT2D eigenvalue weighted by atomic mass is 35.5. The molecule has 0 aromatic carbocycles. The molecule has 102 valence electrons. The minimum absolute atomic E-state index is 0. The van der Waals surface area contributed by atoms with Crippen molar-refractivity contribution in [3.63, 3.8) is 0 Å². The molecule has 1 aromatic rings. The van der Waals surface area contributed by atoms with Gasteiger partial charge in [0.15, 0.2) is 0 Å². The number of carbonyl (C=O) groups is 1. The van der Waals surface area contributed by atoms with Crippen molar-refractivity contribution in [3.8, 4) is 0 Å². The van der Waals surface area contributed by atoms with Gasteiger partial charge in [-0.05, 0) is 25.5 Å². The maximum absolute atomic E-state index is 12.2. The van der Waals surface area contributed by atoms with E-state index in [1.54, 1.807) is 6.20 Å². The molecule has 0 bridgehead atoms. The third-order valence-electron chi connectivity index (χ3n) is 2.87. The maximum Gasteiger partial charge on any atom is 0.272 e. The van der Waals surface area contributed by atoms with Crippen molar-refractivity contribution >= 4 is 30.7 Å². The van der Waals surface area contributed by atoms with E-state index in [4.69, 9.17) is 0 Å². The van der Waals surface area contributed by atoms with Crippen LogP contribution in [0.15, 0.2) is 18.3 Å². The number of pyridine rings is 1. The van der Waals surface area contributed by atoms with Crippen LogP contribution in [0.4, 0.5) is 0 Å². The Bertz CT molecular complexity index is 401. The minimum atomic E-state index is 0. The zero-order valence-corrected chi connectivity index (χ0v) is 12.2. The Kier molecular flexibility index (Phi) is 7.21. The lowest BCUT2D eigenvalue weighted by Gasteiger charge is -2.31. The van der Waals surface area contributed by atoms with Gasteiger partial charge in [0.2, 0.25) is 0 Å². The van der Waals surface area contributed by atoms with Crippen LogP contribution in [0, 0.1) is 6.92 Å². The Morgan fingerprint density at radius 2 is 2.22 bits per heavy atom. The lowest BCUT2D eigenvalue weighted by Crippen LogP contribution is -2.51. The molecule has 4 nitrogen and oxygen atoms in total. The second kappa shape index (κ2) is 7.56. The maximum atomic E-state index is 12.2. The molecule has 1 aliphatic rings. The summed E-state index contributed by atoms with van der Waals surface area (Å²) in [5, 5.41) is 3.32. The molecular formula is C12H19Cl2N3O. The van der Waals surface area contributed by atoms with Crippen molar-refractivity contribution in [2.75, 3.05) is 19.6 Å². The van der Waals surface area contributed by atoms with Crippen molar-refractivity contribution in [1.29, 1.82) is 0 Å². The fourth-order valence-electron chi connectivity index (χ4n) is 1.98. The molecule has 6 heteroatoms. The molecule has 1 unspecified atom stereocenters. The van der Waals surface area contributed by atoms with Gasteiger partial charge < -0.3 is 10.2 Å². The number of amides is 1. The average molecular weight is 292 g/mol. The summed E-state index contributed by atoms with van der Waals surface area (Å²) in [6.07, 6.45) is 1.67. The van der Waals surface area contributed by atoms with Crippen LogP contribution >= 0.6 is 24.8 Å². The molecule has 1 saturated heterocycles. The van der Waals surface area contributed by atoms with Crippen molar-refractivity contribution < 1.29 is 4.79 Å². The molecule has 18 heavy (non-hydrogen) atoms. The van der Waals surface area contributed by atoms with Gasteiger partial charge in [-0.25, -0.2) is 0 Å². The third-order valence-corrected chi connectivity index (χ3v) is 2.87. The van der Waals surface area contributed by atoms with Gasteiger partial charge in [0.1, 0.15) is 5.69 Å². The van der Waals surface area contributed by atoms with Crippen molar-refractivity contribution in [3.05, 3.63) is 29.6 Å². The standard InChI is InChI=1S/C12H17N3O.2ClH/c1-9-4-3-5-14-11(9)12(16)15-7-6-13-10(2)8-15;;/h3-5,10,13H,6-8H2,1-2H3;2*1H. The summed E-state index contributed by atoms with van der Waals surface area (Å²) in [7, 11) is 0. The predicted octanol–water partition coefficient (Wildman–Crippen LogP) is 1.67. The number of aryl methyl sites for hydroxylation is 1. The minimum Gasteiger partial charge on any atom is -0.334 e. The Balaban J connectivity index is 0.00000144. The van der Waals surface area contributed by atoms with Gasteiger partial charge in [0.25, 0.3) is 5.91 Å². The number of rotatable bonds is 1. The second-order valence-electron chi connectivity index (χ2n) is 4.28. The molecule has 0 saturated carbocycles. The predicted molar refractivity (Wildman–Crippen MR) is 76.8 cm³/mol. The zero-order chi connectivity index (χ0) is 11.5. The van der Waals surface area contributed by atoms with Crippen LogP contribution < -0.4 is 5.32 Å². The molecule has 1 N–H and O–H groups in total. The summed E-state index contributed by atoms with van der Waals surface area (Å²) < 4.78 is 0. The monoisotopic (exact) mass is 291 g/mol. The number of piperazine rings is 1. The molecule has 2 rings (SSSR count). The molecule has 1 atom stereocenters. The number of aromatic nitrogens is 1. The van der Waals surface area contributed by atoms with Crippen LogP contribution in [-0.4, -0.2) is 41.5 Å². The van der Waals surface area contributed by atoms with Crippen LogP contribution in [0.3, 0.4) is 0 Å². The van der Waals surface area contributed by atoms with Crippen molar-refractivity contribution in [1.82, 2.24) is 15.2 Å². The third kappa shape index (κ3) is 3.83. The lowest BCUT2D eigenvalue weighted by molar-refractivity contribution is 0.0702. The van der Waals surface area contributed by atoms with Crippen LogP contribution in [-0.2, 0) is 0 Å². The van der Waals surface area contributed by atoms with E-state index < -0.39 is 0 Å². The molecule has 0 radical (unpaired) electrons. The van der Waals surface area contributed by atoms with Gasteiger partial charge in [-0.2, -0.15) is 0 Å². The van der Waals surface area contributed by atoms with Crippen LogP contribution in [0.1, 0.15) is 23.0 Å². The second-order valence-corrected chi connectivity index (χ2v) is 4.28. The molecular weight excluding hydrogens is 273 g/mol. The zero-order valence-electron chi connectivity index (χ0n) is 10.5. The van der Waals surface area contributed by atoms with E-state index in [9.17, 15) is 4.79 Å². The normalized spacial score (nSPS) is 18.6. The first-order chi connectivity index (χ1) is 7.68. The van der Waals surface area contributed by atoms with E-state index in [2.05, 4.69) is 17.2 Å². The van der Waals surface area contributed by atoms with Gasteiger partial charge in [0, 0.05) is 31.9 Å². The Hall–Kier alpha value is -0.840. The molecule has 1 amide bonds. The summed E-state index contributed by atoms with van der Waals surface area (Å²) in [6, 6.07) is 4.14. The first kappa shape index (κ1) is 17.2. The number of nitrogens with zero attached hydrogens (tertiary/aromatic N) is 2. The summed E-state index contributed by atoms with van der Waals surface area (Å²) >= 11 is 0. The summed E-state index contributed by atoms with van der Waals surface area (Å²) in [6.45, 7) is 6.39. The van der Waals surface area contributed by atoms with Gasteiger partial charge in [-0.1, -0.05) is 6.07 Å². The highest BCUT2D eigenvalue weighted by Gasteiger charge is 2.23. The van der Waals surface area contributed by atoms with Gasteiger partial charge in [-0.15, -0.1) is 24.8 Å². The molecule has 1 aromatic heterocycles. The number of carbonyl (C=O) groups excluding carboxylic acids is 1. The van der Waals surface area contributed by atoms with Crippen LogP contribution in [0.2, 0.25) is 0 Å². The van der Waals surface area contributed by atoms with E-state index >= 15 is 0 Å². The largest absolute Gasteiger partial charge is 0.334 e. The summed E-state index contributed by atoms with van der Waals surface area (Å²) in [5.41, 5.74) is 1.52. The van der Waals surface area contributed by atoms with E-state index in [0.717, 1.165) is 25.2 Å².